The van der Waals surface area contributed by atoms with Gasteiger partial charge in [-0.1, -0.05) is 6.07 Å². The van der Waals surface area contributed by atoms with Gasteiger partial charge in [-0.3, -0.25) is 5.10 Å². The van der Waals surface area contributed by atoms with Crippen LogP contribution in [0.3, 0.4) is 0 Å². The van der Waals surface area contributed by atoms with E-state index in [1.165, 1.54) is 0 Å². The Morgan fingerprint density at radius 3 is 2.37 bits per heavy atom. The van der Waals surface area contributed by atoms with Crippen molar-refractivity contribution in [3.63, 3.8) is 0 Å². The van der Waals surface area contributed by atoms with Crippen LogP contribution >= 0.6 is 0 Å². The van der Waals surface area contributed by atoms with Gasteiger partial charge in [-0.25, -0.2) is 0 Å². The summed E-state index contributed by atoms with van der Waals surface area (Å²) in [5, 5.41) is 8.18. The molecule has 19 heavy (non-hydrogen) atoms. The summed E-state index contributed by atoms with van der Waals surface area (Å²) in [5.41, 5.74) is 2.65. The first-order valence-corrected chi connectivity index (χ1v) is 6.60. The van der Waals surface area contributed by atoms with E-state index in [4.69, 9.17) is 9.31 Å². The van der Waals surface area contributed by atoms with Crippen molar-refractivity contribution >= 4 is 23.5 Å². The van der Waals surface area contributed by atoms with Crippen molar-refractivity contribution in [1.82, 2.24) is 10.2 Å². The molecule has 4 nitrogen and oxygen atoms in total. The quantitative estimate of drug-likeness (QED) is 0.797. The molecule has 1 aliphatic heterocycles. The molecule has 2 aromatic rings. The highest BCUT2D eigenvalue weighted by Crippen LogP contribution is 2.36. The number of benzene rings is 1. The van der Waals surface area contributed by atoms with Gasteiger partial charge in [-0.05, 0) is 51.7 Å². The highest BCUT2D eigenvalue weighted by atomic mass is 16.7. The van der Waals surface area contributed by atoms with Crippen LogP contribution in [0.5, 0.6) is 0 Å². The Balaban J connectivity index is 2.04. The van der Waals surface area contributed by atoms with Crippen LogP contribution in [0.25, 0.3) is 10.9 Å². The van der Waals surface area contributed by atoms with Crippen LogP contribution in [-0.2, 0) is 9.31 Å². The minimum Gasteiger partial charge on any atom is -0.399 e. The molecule has 1 aromatic heterocycles. The molecular weight excluding hydrogens is 239 g/mol. The second-order valence-electron chi connectivity index (χ2n) is 6.20. The number of aromatic amines is 1. The maximum atomic E-state index is 6.10. The van der Waals surface area contributed by atoms with E-state index in [1.807, 2.05) is 12.3 Å². The molecule has 0 aliphatic carbocycles. The summed E-state index contributed by atoms with van der Waals surface area (Å²) in [6.45, 7) is 10.4. The fraction of sp³-hybridized carbons (Fsp3) is 0.500. The van der Waals surface area contributed by atoms with Crippen LogP contribution in [0, 0.1) is 6.92 Å². The van der Waals surface area contributed by atoms with E-state index in [2.05, 4.69) is 50.9 Å². The van der Waals surface area contributed by atoms with Crippen LogP contribution in [0.2, 0.25) is 0 Å². The molecule has 3 rings (SSSR count). The van der Waals surface area contributed by atoms with Crippen LogP contribution < -0.4 is 5.46 Å². The molecule has 1 saturated heterocycles. The SMILES string of the molecule is Cc1c(B2OC(C)(C)C(C)(C)O2)ccc2[nH]ncc12. The van der Waals surface area contributed by atoms with Crippen molar-refractivity contribution in [2.75, 3.05) is 0 Å². The van der Waals surface area contributed by atoms with Crippen LogP contribution in [0.1, 0.15) is 33.3 Å². The van der Waals surface area contributed by atoms with E-state index in [9.17, 15) is 0 Å². The Morgan fingerprint density at radius 2 is 1.74 bits per heavy atom. The summed E-state index contributed by atoms with van der Waals surface area (Å²) in [4.78, 5) is 0. The first kappa shape index (κ1) is 12.7. The van der Waals surface area contributed by atoms with Gasteiger partial charge < -0.3 is 9.31 Å². The Hall–Kier alpha value is -1.33. The van der Waals surface area contributed by atoms with Gasteiger partial charge in [-0.2, -0.15) is 5.10 Å². The molecule has 1 fully saturated rings. The smallest absolute Gasteiger partial charge is 0.399 e. The first-order chi connectivity index (χ1) is 8.82. The standard InChI is InChI=1S/C14H19BN2O2/c1-9-10-8-16-17-12(10)7-6-11(9)15-18-13(2,3)14(4,5)19-15/h6-8H,1-5H3,(H,16,17). The molecule has 0 amide bonds. The van der Waals surface area contributed by atoms with Gasteiger partial charge in [0.1, 0.15) is 0 Å². The fourth-order valence-electron chi connectivity index (χ4n) is 2.40. The molecule has 5 heteroatoms. The lowest BCUT2D eigenvalue weighted by Crippen LogP contribution is -2.41. The zero-order valence-corrected chi connectivity index (χ0v) is 12.1. The number of rotatable bonds is 1. The van der Waals surface area contributed by atoms with E-state index in [0.717, 1.165) is 21.9 Å². The lowest BCUT2D eigenvalue weighted by atomic mass is 9.75. The van der Waals surface area contributed by atoms with Crippen molar-refractivity contribution < 1.29 is 9.31 Å². The summed E-state index contributed by atoms with van der Waals surface area (Å²) in [7, 11) is -0.315. The van der Waals surface area contributed by atoms with Gasteiger partial charge in [0.05, 0.1) is 22.9 Å². The van der Waals surface area contributed by atoms with Gasteiger partial charge in [0.2, 0.25) is 0 Å². The number of H-pyrrole nitrogens is 1. The molecule has 0 bridgehead atoms. The van der Waals surface area contributed by atoms with Gasteiger partial charge >= 0.3 is 7.12 Å². The van der Waals surface area contributed by atoms with E-state index in [1.54, 1.807) is 0 Å². The lowest BCUT2D eigenvalue weighted by molar-refractivity contribution is 0.00578. The number of hydrogen-bond donors (Lipinski definition) is 1. The first-order valence-electron chi connectivity index (χ1n) is 6.60. The van der Waals surface area contributed by atoms with Crippen molar-refractivity contribution in [3.8, 4) is 0 Å². The largest absolute Gasteiger partial charge is 0.495 e. The van der Waals surface area contributed by atoms with Crippen molar-refractivity contribution in [2.45, 2.75) is 45.8 Å². The second-order valence-corrected chi connectivity index (χ2v) is 6.20. The minimum absolute atomic E-state index is 0.310. The lowest BCUT2D eigenvalue weighted by Gasteiger charge is -2.32. The predicted molar refractivity (Wildman–Crippen MR) is 76.5 cm³/mol. The normalized spacial score (nSPS) is 21.2. The highest BCUT2D eigenvalue weighted by molar-refractivity contribution is 6.63. The zero-order valence-electron chi connectivity index (χ0n) is 12.1. The molecule has 0 unspecified atom stereocenters. The van der Waals surface area contributed by atoms with Gasteiger partial charge in [-0.15, -0.1) is 0 Å². The van der Waals surface area contributed by atoms with Gasteiger partial charge in [0.25, 0.3) is 0 Å². The fourth-order valence-corrected chi connectivity index (χ4v) is 2.40. The van der Waals surface area contributed by atoms with Gasteiger partial charge in [0.15, 0.2) is 0 Å². The molecule has 0 spiro atoms. The maximum absolute atomic E-state index is 6.10. The molecule has 0 radical (unpaired) electrons. The highest BCUT2D eigenvalue weighted by Gasteiger charge is 2.52. The van der Waals surface area contributed by atoms with Crippen molar-refractivity contribution in [3.05, 3.63) is 23.9 Å². The van der Waals surface area contributed by atoms with E-state index in [0.29, 0.717) is 0 Å². The molecule has 1 aromatic carbocycles. The minimum atomic E-state index is -0.315. The summed E-state index contributed by atoms with van der Waals surface area (Å²) in [6, 6.07) is 4.08. The Morgan fingerprint density at radius 1 is 1.11 bits per heavy atom. The summed E-state index contributed by atoms with van der Waals surface area (Å²) in [6.07, 6.45) is 1.85. The number of nitrogens with zero attached hydrogens (tertiary/aromatic N) is 1. The number of hydrogen-bond acceptors (Lipinski definition) is 3. The van der Waals surface area contributed by atoms with Crippen molar-refractivity contribution in [1.29, 1.82) is 0 Å². The van der Waals surface area contributed by atoms with Gasteiger partial charge in [0, 0.05) is 5.39 Å². The molecule has 0 atom stereocenters. The number of aryl methyl sites for hydroxylation is 1. The predicted octanol–water partition coefficient (Wildman–Crippen LogP) is 2.17. The van der Waals surface area contributed by atoms with Crippen LogP contribution in [0.15, 0.2) is 18.3 Å². The third-order valence-electron chi connectivity index (χ3n) is 4.44. The van der Waals surface area contributed by atoms with E-state index < -0.39 is 0 Å². The summed E-state index contributed by atoms with van der Waals surface area (Å²) < 4.78 is 12.2. The average molecular weight is 258 g/mol. The molecule has 100 valence electrons. The van der Waals surface area contributed by atoms with Crippen molar-refractivity contribution in [2.24, 2.45) is 0 Å². The number of nitrogens with one attached hydrogen (secondary N) is 1. The maximum Gasteiger partial charge on any atom is 0.495 e. The second kappa shape index (κ2) is 3.84. The Bertz CT molecular complexity index is 617. The zero-order chi connectivity index (χ0) is 13.8. The topological polar surface area (TPSA) is 47.1 Å². The average Bonchev–Trinajstić information content (AvgIpc) is 2.83. The molecule has 1 N–H and O–H groups in total. The number of fused-ring (bicyclic) bond motifs is 1. The van der Waals surface area contributed by atoms with E-state index >= 15 is 0 Å². The summed E-state index contributed by atoms with van der Waals surface area (Å²) >= 11 is 0. The molecule has 1 aliphatic rings. The Kier molecular flexibility index (Phi) is 2.56. The molecular formula is C14H19BN2O2. The summed E-state index contributed by atoms with van der Waals surface area (Å²) in [5.74, 6) is 0. The third-order valence-corrected chi connectivity index (χ3v) is 4.44. The van der Waals surface area contributed by atoms with Crippen LogP contribution in [0.4, 0.5) is 0 Å². The molecule has 2 heterocycles. The van der Waals surface area contributed by atoms with E-state index in [-0.39, 0.29) is 18.3 Å². The van der Waals surface area contributed by atoms with Crippen LogP contribution in [-0.4, -0.2) is 28.5 Å². The number of aromatic nitrogens is 2. The third kappa shape index (κ3) is 1.80. The monoisotopic (exact) mass is 258 g/mol. The molecule has 0 saturated carbocycles. The Labute approximate surface area is 113 Å².